The largest absolute Gasteiger partial charge is 0.508 e. The van der Waals surface area contributed by atoms with Gasteiger partial charge in [0.05, 0.1) is 5.56 Å². The zero-order valence-electron chi connectivity index (χ0n) is 9.77. The second-order valence-electron chi connectivity index (χ2n) is 3.51. The summed E-state index contributed by atoms with van der Waals surface area (Å²) in [5.41, 5.74) is 0.152. The molecule has 1 aromatic carbocycles. The van der Waals surface area contributed by atoms with E-state index in [0.717, 1.165) is 12.5 Å². The summed E-state index contributed by atoms with van der Waals surface area (Å²) in [5, 5.41) is 21.2. The fourth-order valence-corrected chi connectivity index (χ4v) is 1.33. The van der Waals surface area contributed by atoms with Gasteiger partial charge in [0.1, 0.15) is 11.5 Å². The molecule has 0 bridgehead atoms. The Morgan fingerprint density at radius 2 is 2.18 bits per heavy atom. The van der Waals surface area contributed by atoms with Crippen LogP contribution in [0.5, 0.6) is 11.5 Å². The minimum absolute atomic E-state index is 0.0737. The van der Waals surface area contributed by atoms with Crippen molar-refractivity contribution in [2.75, 3.05) is 19.8 Å². The fourth-order valence-electron chi connectivity index (χ4n) is 1.33. The highest BCUT2D eigenvalue weighted by atomic mass is 16.5. The predicted molar refractivity (Wildman–Crippen MR) is 63.2 cm³/mol. The molecule has 0 atom stereocenters. The van der Waals surface area contributed by atoms with Gasteiger partial charge in [-0.05, 0) is 25.5 Å². The van der Waals surface area contributed by atoms with E-state index in [1.807, 2.05) is 6.92 Å². The third-order valence-electron chi connectivity index (χ3n) is 2.18. The molecule has 0 unspecified atom stereocenters. The van der Waals surface area contributed by atoms with Crippen LogP contribution in [-0.4, -0.2) is 35.9 Å². The Morgan fingerprint density at radius 3 is 2.82 bits per heavy atom. The van der Waals surface area contributed by atoms with Crippen molar-refractivity contribution in [1.29, 1.82) is 0 Å². The molecule has 0 aromatic heterocycles. The van der Waals surface area contributed by atoms with Crippen LogP contribution in [0, 0.1) is 0 Å². The third-order valence-corrected chi connectivity index (χ3v) is 2.18. The highest BCUT2D eigenvalue weighted by Crippen LogP contribution is 2.22. The Balaban J connectivity index is 2.42. The number of carbonyl (C=O) groups is 1. The minimum atomic E-state index is -0.362. The van der Waals surface area contributed by atoms with Gasteiger partial charge in [-0.3, -0.25) is 4.79 Å². The van der Waals surface area contributed by atoms with Crippen LogP contribution in [0.15, 0.2) is 18.2 Å². The van der Waals surface area contributed by atoms with Crippen molar-refractivity contribution in [3.05, 3.63) is 23.8 Å². The maximum absolute atomic E-state index is 11.6. The standard InChI is InChI=1S/C12H17NO4/c1-2-17-7-3-6-13-12(16)10-5-4-9(14)8-11(10)15/h4-5,8,14-15H,2-3,6-7H2,1H3,(H,13,16). The molecule has 0 aliphatic rings. The first kappa shape index (κ1) is 13.3. The molecule has 1 amide bonds. The van der Waals surface area contributed by atoms with Crippen LogP contribution in [0.3, 0.4) is 0 Å². The SMILES string of the molecule is CCOCCCNC(=O)c1ccc(O)cc1O. The zero-order chi connectivity index (χ0) is 12.7. The number of benzene rings is 1. The molecule has 0 heterocycles. The second kappa shape index (κ2) is 6.75. The minimum Gasteiger partial charge on any atom is -0.508 e. The van der Waals surface area contributed by atoms with Crippen LogP contribution in [0.4, 0.5) is 0 Å². The van der Waals surface area contributed by atoms with Crippen molar-refractivity contribution in [1.82, 2.24) is 5.32 Å². The van der Waals surface area contributed by atoms with Crippen LogP contribution in [0.1, 0.15) is 23.7 Å². The van der Waals surface area contributed by atoms with Crippen LogP contribution in [0.2, 0.25) is 0 Å². The first-order chi connectivity index (χ1) is 8.15. The van der Waals surface area contributed by atoms with E-state index in [1.165, 1.54) is 12.1 Å². The Labute approximate surface area is 100 Å². The molecule has 3 N–H and O–H groups in total. The van der Waals surface area contributed by atoms with Gasteiger partial charge in [0.2, 0.25) is 0 Å². The summed E-state index contributed by atoms with van der Waals surface area (Å²) in [7, 11) is 0. The van der Waals surface area contributed by atoms with Crippen molar-refractivity contribution >= 4 is 5.91 Å². The number of rotatable bonds is 6. The van der Waals surface area contributed by atoms with E-state index in [9.17, 15) is 9.90 Å². The van der Waals surface area contributed by atoms with Crippen LogP contribution >= 0.6 is 0 Å². The molecule has 1 rings (SSSR count). The van der Waals surface area contributed by atoms with Gasteiger partial charge in [-0.15, -0.1) is 0 Å². The molecule has 0 saturated heterocycles. The predicted octanol–water partition coefficient (Wildman–Crippen LogP) is 1.25. The van der Waals surface area contributed by atoms with Crippen molar-refractivity contribution in [2.45, 2.75) is 13.3 Å². The number of hydrogen-bond acceptors (Lipinski definition) is 4. The van der Waals surface area contributed by atoms with Gasteiger partial charge in [-0.1, -0.05) is 0 Å². The molecule has 5 nitrogen and oxygen atoms in total. The van der Waals surface area contributed by atoms with Gasteiger partial charge in [0.25, 0.3) is 5.91 Å². The lowest BCUT2D eigenvalue weighted by Gasteiger charge is -2.07. The molecule has 0 saturated carbocycles. The number of nitrogens with one attached hydrogen (secondary N) is 1. The molecule has 1 aromatic rings. The lowest BCUT2D eigenvalue weighted by atomic mass is 10.2. The molecule has 5 heteroatoms. The number of phenols is 2. The topological polar surface area (TPSA) is 78.8 Å². The number of amides is 1. The van der Waals surface area contributed by atoms with E-state index < -0.39 is 0 Å². The molecule has 94 valence electrons. The molecule has 0 radical (unpaired) electrons. The van der Waals surface area contributed by atoms with Crippen molar-refractivity contribution in [3.63, 3.8) is 0 Å². The average Bonchev–Trinajstić information content (AvgIpc) is 2.28. The summed E-state index contributed by atoms with van der Waals surface area (Å²) < 4.78 is 5.13. The number of aromatic hydroxyl groups is 2. The first-order valence-corrected chi connectivity index (χ1v) is 5.53. The maximum atomic E-state index is 11.6. The summed E-state index contributed by atoms with van der Waals surface area (Å²) in [6.45, 7) is 3.65. The van der Waals surface area contributed by atoms with Crippen LogP contribution in [-0.2, 0) is 4.74 Å². The molecular weight excluding hydrogens is 222 g/mol. The van der Waals surface area contributed by atoms with Crippen molar-refractivity contribution < 1.29 is 19.7 Å². The van der Waals surface area contributed by atoms with Crippen LogP contribution in [0.25, 0.3) is 0 Å². The Hall–Kier alpha value is -1.75. The molecule has 0 fully saturated rings. The van der Waals surface area contributed by atoms with Gasteiger partial charge in [0, 0.05) is 25.8 Å². The quantitative estimate of drug-likeness (QED) is 0.653. The number of phenolic OH excluding ortho intramolecular Hbond substituents is 2. The lowest BCUT2D eigenvalue weighted by Crippen LogP contribution is -2.25. The summed E-state index contributed by atoms with van der Waals surface area (Å²) in [5.74, 6) is -0.665. The summed E-state index contributed by atoms with van der Waals surface area (Å²) in [6.07, 6.45) is 0.721. The Morgan fingerprint density at radius 1 is 1.41 bits per heavy atom. The highest BCUT2D eigenvalue weighted by Gasteiger charge is 2.10. The molecule has 0 aliphatic heterocycles. The van der Waals surface area contributed by atoms with E-state index in [-0.39, 0.29) is 23.0 Å². The molecule has 0 spiro atoms. The lowest BCUT2D eigenvalue weighted by molar-refractivity contribution is 0.0941. The van der Waals surface area contributed by atoms with Crippen LogP contribution < -0.4 is 5.32 Å². The second-order valence-corrected chi connectivity index (χ2v) is 3.51. The summed E-state index contributed by atoms with van der Waals surface area (Å²) in [4.78, 5) is 11.6. The van der Waals surface area contributed by atoms with E-state index in [2.05, 4.69) is 5.32 Å². The fraction of sp³-hybridized carbons (Fsp3) is 0.417. The third kappa shape index (κ3) is 4.32. The van der Waals surface area contributed by atoms with E-state index >= 15 is 0 Å². The smallest absolute Gasteiger partial charge is 0.255 e. The monoisotopic (exact) mass is 239 g/mol. The number of carbonyl (C=O) groups excluding carboxylic acids is 1. The van der Waals surface area contributed by atoms with Gasteiger partial charge in [0.15, 0.2) is 0 Å². The van der Waals surface area contributed by atoms with E-state index in [1.54, 1.807) is 0 Å². The maximum Gasteiger partial charge on any atom is 0.255 e. The van der Waals surface area contributed by atoms with Gasteiger partial charge in [-0.25, -0.2) is 0 Å². The number of ether oxygens (including phenoxy) is 1. The highest BCUT2D eigenvalue weighted by molar-refractivity contribution is 5.96. The average molecular weight is 239 g/mol. The van der Waals surface area contributed by atoms with Gasteiger partial charge < -0.3 is 20.3 Å². The summed E-state index contributed by atoms with van der Waals surface area (Å²) >= 11 is 0. The number of hydrogen-bond donors (Lipinski definition) is 3. The van der Waals surface area contributed by atoms with E-state index in [4.69, 9.17) is 9.84 Å². The molecular formula is C12H17NO4. The van der Waals surface area contributed by atoms with Gasteiger partial charge >= 0.3 is 0 Å². The Bertz CT molecular complexity index is 379. The van der Waals surface area contributed by atoms with Crippen molar-refractivity contribution in [3.8, 4) is 11.5 Å². The summed E-state index contributed by atoms with van der Waals surface area (Å²) in [6, 6.07) is 3.87. The van der Waals surface area contributed by atoms with Gasteiger partial charge in [-0.2, -0.15) is 0 Å². The van der Waals surface area contributed by atoms with Crippen molar-refractivity contribution in [2.24, 2.45) is 0 Å². The Kier molecular flexibility index (Phi) is 5.29. The zero-order valence-corrected chi connectivity index (χ0v) is 9.77. The normalized spacial score (nSPS) is 10.2. The first-order valence-electron chi connectivity index (χ1n) is 5.53. The molecule has 17 heavy (non-hydrogen) atoms. The molecule has 0 aliphatic carbocycles. The van der Waals surface area contributed by atoms with E-state index in [0.29, 0.717) is 19.8 Å².